The van der Waals surface area contributed by atoms with Crippen molar-refractivity contribution in [1.29, 1.82) is 0 Å². The number of hydrogen-bond acceptors (Lipinski definition) is 3. The van der Waals surface area contributed by atoms with E-state index < -0.39 is 0 Å². The van der Waals surface area contributed by atoms with Crippen LogP contribution in [0.15, 0.2) is 18.2 Å². The Labute approximate surface area is 121 Å². The molecule has 0 radical (unpaired) electrons. The Morgan fingerprint density at radius 2 is 1.75 bits per heavy atom. The standard InChI is InChI=1S/C17H25NO2/c1-13-9-14(2)11-16(10-13)18-15-3-6-20-17(12-15)4-7-19-8-5-17/h9-11,15,18H,3-8,12H2,1-2H3. The van der Waals surface area contributed by atoms with E-state index in [-0.39, 0.29) is 5.60 Å². The van der Waals surface area contributed by atoms with E-state index in [9.17, 15) is 0 Å². The molecule has 1 atom stereocenters. The van der Waals surface area contributed by atoms with Gasteiger partial charge in [-0.1, -0.05) is 6.07 Å². The molecule has 20 heavy (non-hydrogen) atoms. The third kappa shape index (κ3) is 3.15. The SMILES string of the molecule is Cc1cc(C)cc(NC2CCOC3(CCOCC3)C2)c1. The second-order valence-corrected chi connectivity index (χ2v) is 6.35. The van der Waals surface area contributed by atoms with Crippen LogP contribution in [-0.4, -0.2) is 31.5 Å². The molecule has 2 fully saturated rings. The van der Waals surface area contributed by atoms with Crippen LogP contribution in [0.25, 0.3) is 0 Å². The van der Waals surface area contributed by atoms with Crippen molar-refractivity contribution >= 4 is 5.69 Å². The maximum atomic E-state index is 6.10. The Balaban J connectivity index is 1.67. The molecule has 3 heteroatoms. The molecule has 3 rings (SSSR count). The maximum Gasteiger partial charge on any atom is 0.0745 e. The molecule has 0 saturated carbocycles. The Morgan fingerprint density at radius 3 is 2.45 bits per heavy atom. The highest BCUT2D eigenvalue weighted by atomic mass is 16.5. The first kappa shape index (κ1) is 13.9. The molecule has 1 aromatic carbocycles. The van der Waals surface area contributed by atoms with Crippen LogP contribution in [0.4, 0.5) is 5.69 Å². The zero-order valence-electron chi connectivity index (χ0n) is 12.6. The summed E-state index contributed by atoms with van der Waals surface area (Å²) in [6.07, 6.45) is 4.27. The molecule has 3 nitrogen and oxygen atoms in total. The molecule has 0 aliphatic carbocycles. The predicted molar refractivity (Wildman–Crippen MR) is 81.3 cm³/mol. The molecule has 2 saturated heterocycles. The molecule has 1 N–H and O–H groups in total. The second kappa shape index (κ2) is 5.74. The maximum absolute atomic E-state index is 6.10. The van der Waals surface area contributed by atoms with Gasteiger partial charge in [0.25, 0.3) is 0 Å². The summed E-state index contributed by atoms with van der Waals surface area (Å²) in [7, 11) is 0. The van der Waals surface area contributed by atoms with Crippen molar-refractivity contribution in [3.63, 3.8) is 0 Å². The molecule has 2 aliphatic rings. The summed E-state index contributed by atoms with van der Waals surface area (Å²) in [6.45, 7) is 6.86. The zero-order chi connectivity index (χ0) is 14.0. The van der Waals surface area contributed by atoms with Crippen molar-refractivity contribution in [3.8, 4) is 0 Å². The van der Waals surface area contributed by atoms with Crippen LogP contribution in [0.3, 0.4) is 0 Å². The lowest BCUT2D eigenvalue weighted by Gasteiger charge is -2.43. The first-order chi connectivity index (χ1) is 9.65. The number of anilines is 1. The minimum Gasteiger partial charge on any atom is -0.382 e. The van der Waals surface area contributed by atoms with Gasteiger partial charge in [0.2, 0.25) is 0 Å². The first-order valence-electron chi connectivity index (χ1n) is 7.72. The fourth-order valence-electron chi connectivity index (χ4n) is 3.54. The van der Waals surface area contributed by atoms with Gasteiger partial charge in [-0.25, -0.2) is 0 Å². The van der Waals surface area contributed by atoms with Crippen molar-refractivity contribution in [2.75, 3.05) is 25.1 Å². The second-order valence-electron chi connectivity index (χ2n) is 6.35. The average molecular weight is 275 g/mol. The van der Waals surface area contributed by atoms with Gasteiger partial charge in [0, 0.05) is 31.5 Å². The predicted octanol–water partition coefficient (Wildman–Crippen LogP) is 3.44. The lowest BCUT2D eigenvalue weighted by molar-refractivity contribution is -0.135. The van der Waals surface area contributed by atoms with Crippen LogP contribution in [0, 0.1) is 13.8 Å². The van der Waals surface area contributed by atoms with Gasteiger partial charge in [-0.2, -0.15) is 0 Å². The number of aryl methyl sites for hydroxylation is 2. The molecule has 0 aromatic heterocycles. The van der Waals surface area contributed by atoms with Crippen LogP contribution in [0.5, 0.6) is 0 Å². The number of benzene rings is 1. The minimum absolute atomic E-state index is 0.0625. The number of rotatable bonds is 2. The largest absolute Gasteiger partial charge is 0.382 e. The fourth-order valence-corrected chi connectivity index (χ4v) is 3.54. The van der Waals surface area contributed by atoms with Crippen molar-refractivity contribution in [2.24, 2.45) is 0 Å². The zero-order valence-corrected chi connectivity index (χ0v) is 12.6. The third-order valence-corrected chi connectivity index (χ3v) is 4.49. The number of nitrogens with one attached hydrogen (secondary N) is 1. The van der Waals surface area contributed by atoms with Crippen LogP contribution >= 0.6 is 0 Å². The highest BCUT2D eigenvalue weighted by molar-refractivity contribution is 5.49. The highest BCUT2D eigenvalue weighted by Crippen LogP contribution is 2.35. The highest BCUT2D eigenvalue weighted by Gasteiger charge is 2.38. The Kier molecular flexibility index (Phi) is 3.99. The smallest absolute Gasteiger partial charge is 0.0745 e. The van der Waals surface area contributed by atoms with Gasteiger partial charge in [0.15, 0.2) is 0 Å². The molecular formula is C17H25NO2. The van der Waals surface area contributed by atoms with E-state index in [0.717, 1.165) is 45.5 Å². The van der Waals surface area contributed by atoms with Crippen molar-refractivity contribution in [1.82, 2.24) is 0 Å². The Hall–Kier alpha value is -1.06. The Bertz CT molecular complexity index is 440. The summed E-state index contributed by atoms with van der Waals surface area (Å²) < 4.78 is 11.6. The quantitative estimate of drug-likeness (QED) is 0.897. The van der Waals surface area contributed by atoms with Gasteiger partial charge in [-0.05, 0) is 62.8 Å². The van der Waals surface area contributed by atoms with Gasteiger partial charge in [0.05, 0.1) is 5.60 Å². The Morgan fingerprint density at radius 1 is 1.05 bits per heavy atom. The van der Waals surface area contributed by atoms with Crippen molar-refractivity contribution < 1.29 is 9.47 Å². The molecule has 0 bridgehead atoms. The summed E-state index contributed by atoms with van der Waals surface area (Å²) in [6, 6.07) is 7.20. The van der Waals surface area contributed by atoms with Gasteiger partial charge in [-0.15, -0.1) is 0 Å². The van der Waals surface area contributed by atoms with E-state index in [1.54, 1.807) is 0 Å². The van der Waals surface area contributed by atoms with E-state index in [2.05, 4.69) is 37.4 Å². The van der Waals surface area contributed by atoms with Crippen LogP contribution in [0.2, 0.25) is 0 Å². The first-order valence-corrected chi connectivity index (χ1v) is 7.72. The lowest BCUT2D eigenvalue weighted by atomic mass is 9.84. The number of ether oxygens (including phenoxy) is 2. The van der Waals surface area contributed by atoms with Crippen LogP contribution in [0.1, 0.15) is 36.8 Å². The van der Waals surface area contributed by atoms with Crippen molar-refractivity contribution in [2.45, 2.75) is 51.2 Å². The summed E-state index contributed by atoms with van der Waals surface area (Å²) >= 11 is 0. The monoisotopic (exact) mass is 275 g/mol. The van der Waals surface area contributed by atoms with Crippen LogP contribution < -0.4 is 5.32 Å². The van der Waals surface area contributed by atoms with Gasteiger partial charge < -0.3 is 14.8 Å². The summed E-state index contributed by atoms with van der Waals surface area (Å²) in [5.74, 6) is 0. The van der Waals surface area contributed by atoms with E-state index in [1.165, 1.54) is 16.8 Å². The molecule has 0 amide bonds. The fraction of sp³-hybridized carbons (Fsp3) is 0.647. The third-order valence-electron chi connectivity index (χ3n) is 4.49. The summed E-state index contributed by atoms with van der Waals surface area (Å²) in [5.41, 5.74) is 3.95. The van der Waals surface area contributed by atoms with Gasteiger partial charge in [0.1, 0.15) is 0 Å². The average Bonchev–Trinajstić information content (AvgIpc) is 2.38. The molecule has 1 spiro atoms. The molecule has 110 valence electrons. The summed E-state index contributed by atoms with van der Waals surface area (Å²) in [5, 5.41) is 3.71. The normalized spacial score (nSPS) is 25.6. The van der Waals surface area contributed by atoms with E-state index >= 15 is 0 Å². The number of hydrogen-bond donors (Lipinski definition) is 1. The van der Waals surface area contributed by atoms with E-state index in [1.807, 2.05) is 0 Å². The van der Waals surface area contributed by atoms with Crippen LogP contribution in [-0.2, 0) is 9.47 Å². The molecular weight excluding hydrogens is 250 g/mol. The topological polar surface area (TPSA) is 30.5 Å². The molecule has 2 aliphatic heterocycles. The summed E-state index contributed by atoms with van der Waals surface area (Å²) in [4.78, 5) is 0. The van der Waals surface area contributed by atoms with Crippen molar-refractivity contribution in [3.05, 3.63) is 29.3 Å². The minimum atomic E-state index is 0.0625. The van der Waals surface area contributed by atoms with Gasteiger partial charge >= 0.3 is 0 Å². The molecule has 1 aromatic rings. The lowest BCUT2D eigenvalue weighted by Crippen LogP contribution is -2.47. The van der Waals surface area contributed by atoms with Gasteiger partial charge in [-0.3, -0.25) is 0 Å². The molecule has 2 heterocycles. The van der Waals surface area contributed by atoms with E-state index in [4.69, 9.17) is 9.47 Å². The van der Waals surface area contributed by atoms with E-state index in [0.29, 0.717) is 6.04 Å². The molecule has 1 unspecified atom stereocenters.